The molecule has 0 unspecified atom stereocenters. The number of hydrogen-bond acceptors (Lipinski definition) is 9. The molecule has 0 aliphatic rings. The molecule has 0 aliphatic carbocycles. The van der Waals surface area contributed by atoms with E-state index in [4.69, 9.17) is 4.74 Å². The zero-order valence-electron chi connectivity index (χ0n) is 19.4. The summed E-state index contributed by atoms with van der Waals surface area (Å²) in [5.74, 6) is 1.01. The lowest BCUT2D eigenvalue weighted by atomic mass is 9.98. The second-order valence-corrected chi connectivity index (χ2v) is 7.65. The van der Waals surface area contributed by atoms with E-state index < -0.39 is 5.97 Å². The molecule has 174 valence electrons. The van der Waals surface area contributed by atoms with Crippen LogP contribution in [0.2, 0.25) is 0 Å². The summed E-state index contributed by atoms with van der Waals surface area (Å²) in [4.78, 5) is 19.0. The van der Waals surface area contributed by atoms with Gasteiger partial charge in [-0.25, -0.2) is 9.78 Å². The fourth-order valence-corrected chi connectivity index (χ4v) is 3.69. The van der Waals surface area contributed by atoms with Crippen LogP contribution in [0.25, 0.3) is 22.5 Å². The van der Waals surface area contributed by atoms with E-state index in [0.717, 1.165) is 28.7 Å². The summed E-state index contributed by atoms with van der Waals surface area (Å²) in [6.45, 7) is 7.11. The van der Waals surface area contributed by atoms with Gasteiger partial charge in [0.2, 0.25) is 11.5 Å². The lowest BCUT2D eigenvalue weighted by molar-refractivity contribution is 0.0518. The SMILES string of the molecule is CCCN(Cc1ccc(-c2ccccc2-c2nn[nH]n2)cc1)c1nc(C)nnc1C(=O)OCC. The maximum absolute atomic E-state index is 12.5. The molecule has 2 aromatic heterocycles. The van der Waals surface area contributed by atoms with Crippen LogP contribution in [0.5, 0.6) is 0 Å². The van der Waals surface area contributed by atoms with Crippen molar-refractivity contribution in [2.75, 3.05) is 18.1 Å². The first-order valence-electron chi connectivity index (χ1n) is 11.2. The summed E-state index contributed by atoms with van der Waals surface area (Å²) in [6, 6.07) is 16.2. The van der Waals surface area contributed by atoms with Crippen molar-refractivity contribution in [2.24, 2.45) is 0 Å². The van der Waals surface area contributed by atoms with Crippen molar-refractivity contribution in [3.05, 3.63) is 65.6 Å². The molecular weight excluding hydrogens is 432 g/mol. The largest absolute Gasteiger partial charge is 0.461 e. The molecule has 1 N–H and O–H groups in total. The lowest BCUT2D eigenvalue weighted by Crippen LogP contribution is -2.28. The zero-order chi connectivity index (χ0) is 23.9. The Morgan fingerprint density at radius 1 is 1.00 bits per heavy atom. The second kappa shape index (κ2) is 10.6. The summed E-state index contributed by atoms with van der Waals surface area (Å²) in [7, 11) is 0. The topological polar surface area (TPSA) is 123 Å². The Hall–Kier alpha value is -4.21. The number of nitrogens with one attached hydrogen (secondary N) is 1. The van der Waals surface area contributed by atoms with Crippen molar-refractivity contribution in [1.29, 1.82) is 0 Å². The minimum absolute atomic E-state index is 0.131. The molecule has 0 atom stereocenters. The van der Waals surface area contributed by atoms with Crippen LogP contribution in [-0.4, -0.2) is 54.9 Å². The van der Waals surface area contributed by atoms with Gasteiger partial charge in [0.1, 0.15) is 5.82 Å². The number of aromatic amines is 1. The third kappa shape index (κ3) is 5.06. The van der Waals surface area contributed by atoms with Gasteiger partial charge in [-0.3, -0.25) is 0 Å². The maximum atomic E-state index is 12.5. The van der Waals surface area contributed by atoms with Gasteiger partial charge < -0.3 is 9.64 Å². The first-order valence-corrected chi connectivity index (χ1v) is 11.2. The second-order valence-electron chi connectivity index (χ2n) is 7.65. The predicted octanol–water partition coefficient (Wildman–Crippen LogP) is 3.62. The molecule has 0 fully saturated rings. The van der Waals surface area contributed by atoms with Gasteiger partial charge >= 0.3 is 5.97 Å². The number of benzene rings is 2. The Kier molecular flexibility index (Phi) is 7.16. The van der Waals surface area contributed by atoms with Gasteiger partial charge in [0.25, 0.3) is 0 Å². The molecular formula is C24H26N8O2. The molecule has 0 saturated heterocycles. The maximum Gasteiger partial charge on any atom is 0.362 e. The monoisotopic (exact) mass is 458 g/mol. The number of carbonyl (C=O) groups excluding carboxylic acids is 1. The van der Waals surface area contributed by atoms with E-state index in [1.54, 1.807) is 13.8 Å². The van der Waals surface area contributed by atoms with Crippen molar-refractivity contribution in [2.45, 2.75) is 33.7 Å². The van der Waals surface area contributed by atoms with Gasteiger partial charge in [0, 0.05) is 18.7 Å². The Morgan fingerprint density at radius 3 is 2.44 bits per heavy atom. The Balaban J connectivity index is 1.62. The number of anilines is 1. The summed E-state index contributed by atoms with van der Waals surface area (Å²) >= 11 is 0. The van der Waals surface area contributed by atoms with Crippen LogP contribution in [-0.2, 0) is 11.3 Å². The van der Waals surface area contributed by atoms with E-state index in [-0.39, 0.29) is 12.3 Å². The quantitative estimate of drug-likeness (QED) is 0.375. The lowest BCUT2D eigenvalue weighted by Gasteiger charge is -2.24. The minimum Gasteiger partial charge on any atom is -0.461 e. The number of carbonyl (C=O) groups is 1. The van der Waals surface area contributed by atoms with Gasteiger partial charge in [-0.05, 0) is 42.2 Å². The average Bonchev–Trinajstić information content (AvgIpc) is 3.39. The van der Waals surface area contributed by atoms with Crippen molar-refractivity contribution >= 4 is 11.8 Å². The summed E-state index contributed by atoms with van der Waals surface area (Å²) in [5, 5.41) is 22.5. The molecule has 0 aliphatic heterocycles. The highest BCUT2D eigenvalue weighted by Crippen LogP contribution is 2.30. The summed E-state index contributed by atoms with van der Waals surface area (Å²) in [5.41, 5.74) is 4.16. The molecule has 0 bridgehead atoms. The van der Waals surface area contributed by atoms with E-state index in [0.29, 0.717) is 30.6 Å². The van der Waals surface area contributed by atoms with E-state index >= 15 is 0 Å². The Morgan fingerprint density at radius 2 is 1.76 bits per heavy atom. The Bertz CT molecular complexity index is 1240. The fraction of sp³-hybridized carbons (Fsp3) is 0.292. The summed E-state index contributed by atoms with van der Waals surface area (Å²) in [6.07, 6.45) is 0.876. The normalized spacial score (nSPS) is 10.8. The molecule has 4 rings (SSSR count). The van der Waals surface area contributed by atoms with Gasteiger partial charge in [-0.1, -0.05) is 55.5 Å². The van der Waals surface area contributed by atoms with E-state index in [9.17, 15) is 4.79 Å². The number of nitrogens with zero attached hydrogens (tertiary/aromatic N) is 7. The van der Waals surface area contributed by atoms with Crippen LogP contribution in [0.4, 0.5) is 5.82 Å². The summed E-state index contributed by atoms with van der Waals surface area (Å²) < 4.78 is 5.17. The number of rotatable bonds is 9. The van der Waals surface area contributed by atoms with E-state index in [2.05, 4.69) is 67.0 Å². The number of ether oxygens (including phenoxy) is 1. The number of aryl methyl sites for hydroxylation is 1. The Labute approximate surface area is 197 Å². The predicted molar refractivity (Wildman–Crippen MR) is 127 cm³/mol. The molecule has 0 radical (unpaired) electrons. The number of tetrazole rings is 1. The van der Waals surface area contributed by atoms with Crippen LogP contribution < -0.4 is 4.90 Å². The van der Waals surface area contributed by atoms with Gasteiger partial charge in [0.15, 0.2) is 5.82 Å². The third-order valence-electron chi connectivity index (χ3n) is 5.19. The minimum atomic E-state index is -0.521. The van der Waals surface area contributed by atoms with Gasteiger partial charge in [-0.15, -0.1) is 20.4 Å². The van der Waals surface area contributed by atoms with Gasteiger partial charge in [-0.2, -0.15) is 5.21 Å². The average molecular weight is 459 g/mol. The number of H-pyrrole nitrogens is 1. The molecule has 0 spiro atoms. The molecule has 10 heteroatoms. The molecule has 0 saturated carbocycles. The highest BCUT2D eigenvalue weighted by molar-refractivity contribution is 5.92. The molecule has 0 amide bonds. The van der Waals surface area contributed by atoms with Crippen molar-refractivity contribution in [1.82, 2.24) is 35.8 Å². The highest BCUT2D eigenvalue weighted by Gasteiger charge is 2.22. The molecule has 2 aromatic carbocycles. The zero-order valence-corrected chi connectivity index (χ0v) is 19.4. The van der Waals surface area contributed by atoms with Crippen molar-refractivity contribution in [3.8, 4) is 22.5 Å². The molecule has 34 heavy (non-hydrogen) atoms. The van der Waals surface area contributed by atoms with Crippen LogP contribution in [0, 0.1) is 6.92 Å². The number of aromatic nitrogens is 7. The van der Waals surface area contributed by atoms with E-state index in [1.807, 2.05) is 29.2 Å². The van der Waals surface area contributed by atoms with Crippen LogP contribution >= 0.6 is 0 Å². The molecule has 2 heterocycles. The van der Waals surface area contributed by atoms with Crippen LogP contribution in [0.3, 0.4) is 0 Å². The van der Waals surface area contributed by atoms with Crippen LogP contribution in [0.1, 0.15) is 42.1 Å². The highest BCUT2D eigenvalue weighted by atomic mass is 16.5. The number of esters is 1. The molecule has 10 nitrogen and oxygen atoms in total. The number of hydrogen-bond donors (Lipinski definition) is 1. The fourth-order valence-electron chi connectivity index (χ4n) is 3.69. The third-order valence-corrected chi connectivity index (χ3v) is 5.19. The van der Waals surface area contributed by atoms with Gasteiger partial charge in [0.05, 0.1) is 6.61 Å². The van der Waals surface area contributed by atoms with Crippen LogP contribution in [0.15, 0.2) is 48.5 Å². The standard InChI is InChI=1S/C24H26N8O2/c1-4-14-32(23-21(24(33)34-5-2)27-26-16(3)25-23)15-17-10-12-18(13-11-17)19-8-6-7-9-20(19)22-28-30-31-29-22/h6-13H,4-5,14-15H2,1-3H3,(H,28,29,30,31). The molecule has 4 aromatic rings. The van der Waals surface area contributed by atoms with E-state index in [1.165, 1.54) is 0 Å². The smallest absolute Gasteiger partial charge is 0.362 e. The first-order chi connectivity index (χ1) is 16.6. The van der Waals surface area contributed by atoms with Crippen molar-refractivity contribution in [3.63, 3.8) is 0 Å². The first kappa shape index (κ1) is 23.0. The van der Waals surface area contributed by atoms with Crippen molar-refractivity contribution < 1.29 is 9.53 Å².